The zero-order valence-electron chi connectivity index (χ0n) is 13.2. The van der Waals surface area contributed by atoms with Gasteiger partial charge in [0.25, 0.3) is 5.91 Å². The van der Waals surface area contributed by atoms with E-state index in [1.807, 2.05) is 25.3 Å². The number of nitrogens with zero attached hydrogens (tertiary/aromatic N) is 3. The lowest BCUT2D eigenvalue weighted by molar-refractivity contribution is 0.102. The molecule has 126 valence electrons. The van der Waals surface area contributed by atoms with Gasteiger partial charge in [-0.3, -0.25) is 10.1 Å². The van der Waals surface area contributed by atoms with Crippen molar-refractivity contribution in [2.45, 2.75) is 20.8 Å². The average molecular weight is 384 g/mol. The second-order valence-electron chi connectivity index (χ2n) is 4.76. The van der Waals surface area contributed by atoms with Crippen LogP contribution in [0.15, 0.2) is 34.3 Å². The summed E-state index contributed by atoms with van der Waals surface area (Å²) in [7, 11) is 0. The normalized spacial score (nSPS) is 12.2. The first kappa shape index (κ1) is 18.4. The Kier molecular flexibility index (Phi) is 6.30. The van der Waals surface area contributed by atoms with E-state index in [-0.39, 0.29) is 11.0 Å². The van der Waals surface area contributed by atoms with Crippen LogP contribution in [-0.4, -0.2) is 20.9 Å². The number of carbonyl (C=O) groups excluding carboxylic acids is 1. The van der Waals surface area contributed by atoms with Crippen molar-refractivity contribution < 1.29 is 4.79 Å². The zero-order valence-corrected chi connectivity index (χ0v) is 15.6. The molecule has 2 aromatic rings. The van der Waals surface area contributed by atoms with Crippen molar-refractivity contribution in [3.05, 3.63) is 51.0 Å². The Labute approximate surface area is 153 Å². The summed E-state index contributed by atoms with van der Waals surface area (Å²) in [5.74, 6) is -0.0273. The first-order valence-corrected chi connectivity index (χ1v) is 8.56. The van der Waals surface area contributed by atoms with Crippen LogP contribution in [0, 0.1) is 6.92 Å². The highest BCUT2D eigenvalue weighted by atomic mass is 35.5. The van der Waals surface area contributed by atoms with Crippen LogP contribution in [0.25, 0.3) is 0 Å². The highest BCUT2D eigenvalue weighted by molar-refractivity contribution is 7.13. The Hall–Kier alpha value is -1.96. The van der Waals surface area contributed by atoms with Crippen LogP contribution in [0.3, 0.4) is 0 Å². The number of nitrogens with one attached hydrogen (secondary N) is 2. The monoisotopic (exact) mass is 383 g/mol. The number of halogens is 2. The fourth-order valence-electron chi connectivity index (χ4n) is 1.72. The molecule has 0 radical (unpaired) electrons. The molecule has 2 aromatic heterocycles. The SMILES string of the molecule is C/C=C(\C=C(/C)Cl)Nc1cc(C(=O)Nc2nc(C)cs2)nc(Cl)n1. The summed E-state index contributed by atoms with van der Waals surface area (Å²) in [5.41, 5.74) is 1.69. The summed E-state index contributed by atoms with van der Waals surface area (Å²) in [4.78, 5) is 24.5. The Morgan fingerprint density at radius 2 is 2.04 bits per heavy atom. The Balaban J connectivity index is 2.21. The van der Waals surface area contributed by atoms with Gasteiger partial charge in [0, 0.05) is 22.2 Å². The smallest absolute Gasteiger partial charge is 0.276 e. The predicted octanol–water partition coefficient (Wildman–Crippen LogP) is 4.61. The Bertz CT molecular complexity index is 812. The molecule has 0 atom stereocenters. The molecule has 0 aliphatic carbocycles. The summed E-state index contributed by atoms with van der Waals surface area (Å²) in [6.07, 6.45) is 3.55. The molecular formula is C15H15Cl2N5OS. The molecule has 9 heteroatoms. The quantitative estimate of drug-likeness (QED) is 0.582. The van der Waals surface area contributed by atoms with Gasteiger partial charge in [0.05, 0.1) is 5.69 Å². The fourth-order valence-corrected chi connectivity index (χ4v) is 2.71. The maximum atomic E-state index is 12.3. The van der Waals surface area contributed by atoms with Crippen molar-refractivity contribution in [3.8, 4) is 0 Å². The van der Waals surface area contributed by atoms with Crippen LogP contribution in [0.2, 0.25) is 5.28 Å². The van der Waals surface area contributed by atoms with Gasteiger partial charge in [-0.05, 0) is 38.4 Å². The fraction of sp³-hybridized carbons (Fsp3) is 0.200. The second-order valence-corrected chi connectivity index (χ2v) is 6.55. The average Bonchev–Trinajstić information content (AvgIpc) is 2.90. The van der Waals surface area contributed by atoms with E-state index >= 15 is 0 Å². The van der Waals surface area contributed by atoms with Crippen LogP contribution >= 0.6 is 34.5 Å². The number of amides is 1. The van der Waals surface area contributed by atoms with Gasteiger partial charge in [0.2, 0.25) is 5.28 Å². The van der Waals surface area contributed by atoms with Gasteiger partial charge in [0.1, 0.15) is 11.5 Å². The molecule has 0 unspecified atom stereocenters. The van der Waals surface area contributed by atoms with Crippen molar-refractivity contribution in [1.29, 1.82) is 0 Å². The molecule has 0 fully saturated rings. The number of allylic oxidation sites excluding steroid dienone is 3. The van der Waals surface area contributed by atoms with E-state index < -0.39 is 5.91 Å². The van der Waals surface area contributed by atoms with Gasteiger partial charge in [0.15, 0.2) is 5.13 Å². The number of aromatic nitrogens is 3. The minimum absolute atomic E-state index is 0.0394. The third-order valence-electron chi connectivity index (χ3n) is 2.71. The van der Waals surface area contributed by atoms with Crippen molar-refractivity contribution in [2.24, 2.45) is 0 Å². The van der Waals surface area contributed by atoms with E-state index in [1.54, 1.807) is 13.0 Å². The molecule has 1 amide bonds. The second kappa shape index (κ2) is 8.23. The maximum Gasteiger partial charge on any atom is 0.276 e. The number of aryl methyl sites for hydroxylation is 1. The third-order valence-corrected chi connectivity index (χ3v) is 3.86. The lowest BCUT2D eigenvalue weighted by Gasteiger charge is -2.08. The number of thiazole rings is 1. The predicted molar refractivity (Wildman–Crippen MR) is 98.8 cm³/mol. The highest BCUT2D eigenvalue weighted by Crippen LogP contribution is 2.18. The Morgan fingerprint density at radius 1 is 1.29 bits per heavy atom. The first-order chi connectivity index (χ1) is 11.4. The van der Waals surface area contributed by atoms with Crippen LogP contribution < -0.4 is 10.6 Å². The maximum absolute atomic E-state index is 12.3. The molecule has 24 heavy (non-hydrogen) atoms. The summed E-state index contributed by atoms with van der Waals surface area (Å²) in [5, 5.41) is 8.62. The van der Waals surface area contributed by atoms with E-state index in [1.165, 1.54) is 17.4 Å². The summed E-state index contributed by atoms with van der Waals surface area (Å²) >= 11 is 13.1. The Morgan fingerprint density at radius 3 is 2.62 bits per heavy atom. The standard InChI is InChI=1S/C15H15Cl2N5OS/c1-4-10(5-8(2)16)19-12-6-11(20-14(17)21-12)13(23)22-15-18-9(3)7-24-15/h4-7H,1-3H3,(H,18,22,23)(H,19,20,21)/b8-5+,10-4+. The lowest BCUT2D eigenvalue weighted by atomic mass is 10.3. The molecule has 2 heterocycles. The van der Waals surface area contributed by atoms with E-state index in [0.717, 1.165) is 11.4 Å². The van der Waals surface area contributed by atoms with Crippen molar-refractivity contribution in [1.82, 2.24) is 15.0 Å². The van der Waals surface area contributed by atoms with E-state index in [4.69, 9.17) is 23.2 Å². The molecule has 0 aliphatic heterocycles. The lowest BCUT2D eigenvalue weighted by Crippen LogP contribution is -2.15. The highest BCUT2D eigenvalue weighted by Gasteiger charge is 2.13. The summed E-state index contributed by atoms with van der Waals surface area (Å²) in [6, 6.07) is 1.50. The van der Waals surface area contributed by atoms with Crippen LogP contribution in [0.1, 0.15) is 30.0 Å². The van der Waals surface area contributed by atoms with Crippen LogP contribution in [0.4, 0.5) is 10.9 Å². The van der Waals surface area contributed by atoms with Crippen LogP contribution in [-0.2, 0) is 0 Å². The number of anilines is 2. The molecule has 0 aromatic carbocycles. The van der Waals surface area contributed by atoms with Gasteiger partial charge in [-0.15, -0.1) is 11.3 Å². The number of rotatable bonds is 5. The van der Waals surface area contributed by atoms with Gasteiger partial charge in [-0.2, -0.15) is 0 Å². The molecule has 0 saturated carbocycles. The molecule has 0 aliphatic rings. The minimum atomic E-state index is -0.414. The first-order valence-electron chi connectivity index (χ1n) is 6.92. The number of hydrogen-bond donors (Lipinski definition) is 2. The molecule has 0 bridgehead atoms. The van der Waals surface area contributed by atoms with Crippen LogP contribution in [0.5, 0.6) is 0 Å². The van der Waals surface area contributed by atoms with Crippen molar-refractivity contribution >= 4 is 51.4 Å². The van der Waals surface area contributed by atoms with Crippen molar-refractivity contribution in [2.75, 3.05) is 10.6 Å². The molecule has 2 rings (SSSR count). The zero-order chi connectivity index (χ0) is 17.7. The molecule has 0 saturated heterocycles. The molecule has 0 spiro atoms. The van der Waals surface area contributed by atoms with E-state index in [9.17, 15) is 4.79 Å². The topological polar surface area (TPSA) is 79.8 Å². The molecular weight excluding hydrogens is 369 g/mol. The van der Waals surface area contributed by atoms with Gasteiger partial charge in [-0.1, -0.05) is 17.7 Å². The third kappa shape index (κ3) is 5.30. The van der Waals surface area contributed by atoms with Gasteiger partial charge < -0.3 is 5.32 Å². The largest absolute Gasteiger partial charge is 0.340 e. The molecule has 6 nitrogen and oxygen atoms in total. The molecule has 2 N–H and O–H groups in total. The summed E-state index contributed by atoms with van der Waals surface area (Å²) < 4.78 is 0. The van der Waals surface area contributed by atoms with Gasteiger partial charge in [-0.25, -0.2) is 15.0 Å². The summed E-state index contributed by atoms with van der Waals surface area (Å²) in [6.45, 7) is 5.45. The van der Waals surface area contributed by atoms with Crippen molar-refractivity contribution in [3.63, 3.8) is 0 Å². The minimum Gasteiger partial charge on any atom is -0.340 e. The number of hydrogen-bond acceptors (Lipinski definition) is 6. The van der Waals surface area contributed by atoms with E-state index in [0.29, 0.717) is 16.0 Å². The van der Waals surface area contributed by atoms with E-state index in [2.05, 4.69) is 25.6 Å². The number of carbonyl (C=O) groups is 1. The van der Waals surface area contributed by atoms with Gasteiger partial charge >= 0.3 is 0 Å².